The summed E-state index contributed by atoms with van der Waals surface area (Å²) in [5.41, 5.74) is 1.21. The van der Waals surface area contributed by atoms with Gasteiger partial charge in [-0.25, -0.2) is 4.79 Å². The van der Waals surface area contributed by atoms with Crippen LogP contribution in [0.15, 0.2) is 18.2 Å². The molecule has 1 amide bonds. The van der Waals surface area contributed by atoms with Gasteiger partial charge >= 0.3 is 5.97 Å². The van der Waals surface area contributed by atoms with Gasteiger partial charge in [-0.2, -0.15) is 0 Å². The smallest absolute Gasteiger partial charge is 0.355 e. The fraction of sp³-hybridized carbons (Fsp3) is 0.278. The number of aryl methyl sites for hydroxylation is 1. The number of hydrogen-bond acceptors (Lipinski definition) is 6. The van der Waals surface area contributed by atoms with E-state index in [2.05, 4.69) is 10.3 Å². The van der Waals surface area contributed by atoms with Gasteiger partial charge in [0, 0.05) is 23.4 Å². The molecule has 0 saturated carbocycles. The summed E-state index contributed by atoms with van der Waals surface area (Å²) >= 11 is 5.94. The average Bonchev–Trinajstić information content (AvgIpc) is 2.90. The molecule has 1 heterocycles. The lowest BCUT2D eigenvalue weighted by molar-refractivity contribution is -0.384. The maximum Gasteiger partial charge on any atom is 0.355 e. The van der Waals surface area contributed by atoms with Gasteiger partial charge in [-0.1, -0.05) is 11.6 Å². The predicted octanol–water partition coefficient (Wildman–Crippen LogP) is 3.58. The molecule has 148 valence electrons. The molecule has 10 heteroatoms. The number of halogens is 1. The second-order valence-electron chi connectivity index (χ2n) is 6.14. The summed E-state index contributed by atoms with van der Waals surface area (Å²) in [4.78, 5) is 49.4. The summed E-state index contributed by atoms with van der Waals surface area (Å²) < 4.78 is 5.15. The Morgan fingerprint density at radius 2 is 1.93 bits per heavy atom. The number of H-pyrrole nitrogens is 1. The average molecular weight is 408 g/mol. The minimum Gasteiger partial charge on any atom is -0.448 e. The summed E-state index contributed by atoms with van der Waals surface area (Å²) in [5.74, 6) is -1.72. The van der Waals surface area contributed by atoms with Gasteiger partial charge in [0.2, 0.25) is 0 Å². The number of carbonyl (C=O) groups excluding carboxylic acids is 3. The lowest BCUT2D eigenvalue weighted by Gasteiger charge is -2.14. The molecule has 1 aromatic heterocycles. The molecule has 28 heavy (non-hydrogen) atoms. The number of non-ortho nitro benzene ring substituents is 1. The molecule has 2 rings (SSSR count). The van der Waals surface area contributed by atoms with E-state index in [1.165, 1.54) is 26.0 Å². The third kappa shape index (κ3) is 4.37. The minimum absolute atomic E-state index is 0.0227. The summed E-state index contributed by atoms with van der Waals surface area (Å²) in [6.07, 6.45) is -1.22. The highest BCUT2D eigenvalue weighted by Crippen LogP contribution is 2.27. The van der Waals surface area contributed by atoms with E-state index in [9.17, 15) is 24.5 Å². The van der Waals surface area contributed by atoms with Crippen molar-refractivity contribution in [3.8, 4) is 0 Å². The standard InChI is InChI=1S/C18H18ClN3O6/c1-8-15(10(3)23)9(2)20-16(8)18(25)28-11(4)17(24)21-14-7-12(22(26)27)5-6-13(14)19/h5-7,11,20H,1-4H3,(H,21,24)/t11-/m1/s1. The van der Waals surface area contributed by atoms with Gasteiger partial charge in [-0.3, -0.25) is 19.7 Å². The minimum atomic E-state index is -1.22. The first-order valence-electron chi connectivity index (χ1n) is 8.18. The predicted molar refractivity (Wildman–Crippen MR) is 102 cm³/mol. The molecule has 0 saturated heterocycles. The zero-order valence-electron chi connectivity index (χ0n) is 15.6. The second kappa shape index (κ2) is 8.22. The van der Waals surface area contributed by atoms with Crippen LogP contribution in [0, 0.1) is 24.0 Å². The zero-order chi connectivity index (χ0) is 21.2. The quantitative estimate of drug-likeness (QED) is 0.325. The Kier molecular flexibility index (Phi) is 6.19. The van der Waals surface area contributed by atoms with E-state index in [1.807, 2.05) is 0 Å². The number of aromatic amines is 1. The Hall–Kier alpha value is -3.20. The summed E-state index contributed by atoms with van der Waals surface area (Å²) in [7, 11) is 0. The lowest BCUT2D eigenvalue weighted by atomic mass is 10.1. The van der Waals surface area contributed by atoms with Crippen molar-refractivity contribution in [2.24, 2.45) is 0 Å². The Morgan fingerprint density at radius 1 is 1.29 bits per heavy atom. The number of nitrogens with zero attached hydrogens (tertiary/aromatic N) is 1. The zero-order valence-corrected chi connectivity index (χ0v) is 16.3. The van der Waals surface area contributed by atoms with Gasteiger partial charge < -0.3 is 15.0 Å². The SMILES string of the molecule is CC(=O)c1c(C)[nH]c(C(=O)O[C@H](C)C(=O)Nc2cc([N+](=O)[O-])ccc2Cl)c1C. The monoisotopic (exact) mass is 407 g/mol. The van der Waals surface area contributed by atoms with E-state index in [0.717, 1.165) is 6.07 Å². The van der Waals surface area contributed by atoms with Crippen LogP contribution < -0.4 is 5.32 Å². The summed E-state index contributed by atoms with van der Waals surface area (Å²) in [6, 6.07) is 3.58. The number of ketones is 1. The van der Waals surface area contributed by atoms with Gasteiger partial charge in [0.25, 0.3) is 11.6 Å². The number of benzene rings is 1. The van der Waals surface area contributed by atoms with Crippen molar-refractivity contribution in [3.63, 3.8) is 0 Å². The van der Waals surface area contributed by atoms with E-state index in [4.69, 9.17) is 16.3 Å². The van der Waals surface area contributed by atoms with Gasteiger partial charge in [-0.15, -0.1) is 0 Å². The van der Waals surface area contributed by atoms with Crippen LogP contribution >= 0.6 is 11.6 Å². The first-order valence-corrected chi connectivity index (χ1v) is 8.56. The molecule has 9 nitrogen and oxygen atoms in total. The van der Waals surface area contributed by atoms with Gasteiger partial charge in [0.15, 0.2) is 11.9 Å². The van der Waals surface area contributed by atoms with Gasteiger partial charge in [0.1, 0.15) is 5.69 Å². The number of rotatable bonds is 6. The fourth-order valence-corrected chi connectivity index (χ4v) is 2.88. The molecule has 0 spiro atoms. The molecule has 0 radical (unpaired) electrons. The van der Waals surface area contributed by atoms with Crippen LogP contribution in [0.4, 0.5) is 11.4 Å². The highest BCUT2D eigenvalue weighted by molar-refractivity contribution is 6.33. The van der Waals surface area contributed by atoms with Crippen molar-refractivity contribution in [1.29, 1.82) is 0 Å². The maximum atomic E-state index is 12.4. The molecule has 0 aliphatic carbocycles. The number of aromatic nitrogens is 1. The molecule has 2 aromatic rings. The Balaban J connectivity index is 2.14. The van der Waals surface area contributed by atoms with E-state index in [-0.39, 0.29) is 27.9 Å². The van der Waals surface area contributed by atoms with Crippen LogP contribution in [-0.2, 0) is 9.53 Å². The molecule has 0 bridgehead atoms. The maximum absolute atomic E-state index is 12.4. The van der Waals surface area contributed by atoms with Gasteiger partial charge in [-0.05, 0) is 39.3 Å². The van der Waals surface area contributed by atoms with E-state index in [1.54, 1.807) is 13.8 Å². The summed E-state index contributed by atoms with van der Waals surface area (Å²) in [5, 5.41) is 13.3. The van der Waals surface area contributed by atoms with Crippen LogP contribution in [-0.4, -0.2) is 33.7 Å². The molecule has 0 unspecified atom stereocenters. The number of nitro groups is 1. The number of Topliss-reactive ketones (excluding diaryl/α,β-unsaturated/α-hetero) is 1. The second-order valence-corrected chi connectivity index (χ2v) is 6.55. The van der Waals surface area contributed by atoms with Crippen LogP contribution in [0.25, 0.3) is 0 Å². The van der Waals surface area contributed by atoms with Crippen LogP contribution in [0.3, 0.4) is 0 Å². The molecule has 1 atom stereocenters. The van der Waals surface area contributed by atoms with Crippen LogP contribution in [0.5, 0.6) is 0 Å². The number of ether oxygens (including phenoxy) is 1. The Labute approximate surface area is 165 Å². The third-order valence-corrected chi connectivity index (χ3v) is 4.39. The van der Waals surface area contributed by atoms with Gasteiger partial charge in [0.05, 0.1) is 15.6 Å². The van der Waals surface area contributed by atoms with Crippen molar-refractivity contribution in [1.82, 2.24) is 4.98 Å². The molecular weight excluding hydrogens is 390 g/mol. The highest BCUT2D eigenvalue weighted by Gasteiger charge is 2.25. The molecular formula is C18H18ClN3O6. The number of anilines is 1. The first kappa shape index (κ1) is 21.1. The Morgan fingerprint density at radius 3 is 2.46 bits per heavy atom. The van der Waals surface area contributed by atoms with Crippen molar-refractivity contribution in [2.75, 3.05) is 5.32 Å². The first-order chi connectivity index (χ1) is 13.0. The molecule has 2 N–H and O–H groups in total. The third-order valence-electron chi connectivity index (χ3n) is 4.07. The number of carbonyl (C=O) groups is 3. The topological polar surface area (TPSA) is 131 Å². The van der Waals surface area contributed by atoms with E-state index >= 15 is 0 Å². The van der Waals surface area contributed by atoms with Crippen LogP contribution in [0.1, 0.15) is 46.0 Å². The van der Waals surface area contributed by atoms with Crippen molar-refractivity contribution < 1.29 is 24.0 Å². The van der Waals surface area contributed by atoms with Crippen molar-refractivity contribution >= 4 is 40.6 Å². The molecule has 0 aliphatic heterocycles. The molecule has 1 aromatic carbocycles. The number of hydrogen-bond donors (Lipinski definition) is 2. The number of nitrogens with one attached hydrogen (secondary N) is 2. The Bertz CT molecular complexity index is 982. The van der Waals surface area contributed by atoms with Crippen molar-refractivity contribution in [2.45, 2.75) is 33.8 Å². The van der Waals surface area contributed by atoms with E-state index in [0.29, 0.717) is 16.8 Å². The van der Waals surface area contributed by atoms with E-state index < -0.39 is 22.9 Å². The normalized spacial score (nSPS) is 11.6. The lowest BCUT2D eigenvalue weighted by Crippen LogP contribution is -2.30. The molecule has 0 aliphatic rings. The fourth-order valence-electron chi connectivity index (χ4n) is 2.71. The summed E-state index contributed by atoms with van der Waals surface area (Å²) in [6.45, 7) is 5.98. The molecule has 0 fully saturated rings. The highest BCUT2D eigenvalue weighted by atomic mass is 35.5. The largest absolute Gasteiger partial charge is 0.448 e. The number of esters is 1. The number of nitro benzene ring substituents is 1. The van der Waals surface area contributed by atoms with Crippen molar-refractivity contribution in [3.05, 3.63) is 55.9 Å². The number of amides is 1. The van der Waals surface area contributed by atoms with Crippen LogP contribution in [0.2, 0.25) is 5.02 Å².